The summed E-state index contributed by atoms with van der Waals surface area (Å²) in [6.45, 7) is 4.93. The number of hydrogen-bond acceptors (Lipinski definition) is 3. The van der Waals surface area contributed by atoms with Crippen LogP contribution in [0.5, 0.6) is 0 Å². The van der Waals surface area contributed by atoms with E-state index in [4.69, 9.17) is 0 Å². The zero-order valence-electron chi connectivity index (χ0n) is 10.1. The molecule has 16 heavy (non-hydrogen) atoms. The molecule has 4 nitrogen and oxygen atoms in total. The average molecular weight is 221 g/mol. The number of aryl methyl sites for hydroxylation is 1. The van der Waals surface area contributed by atoms with E-state index >= 15 is 0 Å². The number of Topliss-reactive ketones (excluding diaryl/α,β-unsaturated/α-hetero) is 1. The molecule has 88 valence electrons. The van der Waals surface area contributed by atoms with Crippen molar-refractivity contribution >= 4 is 5.78 Å². The van der Waals surface area contributed by atoms with Crippen molar-refractivity contribution in [2.75, 3.05) is 0 Å². The first kappa shape index (κ1) is 11.3. The van der Waals surface area contributed by atoms with Crippen LogP contribution in [-0.2, 0) is 6.54 Å². The van der Waals surface area contributed by atoms with E-state index in [1.54, 1.807) is 10.9 Å². The van der Waals surface area contributed by atoms with Gasteiger partial charge in [-0.05, 0) is 19.3 Å². The Morgan fingerprint density at radius 2 is 2.19 bits per heavy atom. The summed E-state index contributed by atoms with van der Waals surface area (Å²) in [5.41, 5.74) is 0.513. The predicted molar refractivity (Wildman–Crippen MR) is 61.2 cm³/mol. The number of ketones is 1. The quantitative estimate of drug-likeness (QED) is 0.734. The Hall–Kier alpha value is -1.19. The van der Waals surface area contributed by atoms with Gasteiger partial charge >= 0.3 is 0 Å². The molecule has 1 heterocycles. The van der Waals surface area contributed by atoms with Gasteiger partial charge < -0.3 is 0 Å². The molecule has 0 spiro atoms. The summed E-state index contributed by atoms with van der Waals surface area (Å²) in [6, 6.07) is 0. The highest BCUT2D eigenvalue weighted by atomic mass is 16.1. The maximum Gasteiger partial charge on any atom is 0.188 e. The maximum absolute atomic E-state index is 12.4. The summed E-state index contributed by atoms with van der Waals surface area (Å²) in [4.78, 5) is 12.4. The topological polar surface area (TPSA) is 47.8 Å². The van der Waals surface area contributed by atoms with Crippen molar-refractivity contribution in [1.29, 1.82) is 0 Å². The second kappa shape index (κ2) is 4.36. The van der Waals surface area contributed by atoms with Crippen LogP contribution in [0.1, 0.15) is 56.4 Å². The Labute approximate surface area is 96.0 Å². The van der Waals surface area contributed by atoms with E-state index in [0.29, 0.717) is 5.69 Å². The lowest BCUT2D eigenvalue weighted by Gasteiger charge is -2.21. The summed E-state index contributed by atoms with van der Waals surface area (Å²) >= 11 is 0. The third-order valence-corrected chi connectivity index (χ3v) is 3.54. The van der Waals surface area contributed by atoms with Crippen LogP contribution in [0.25, 0.3) is 0 Å². The van der Waals surface area contributed by atoms with E-state index in [-0.39, 0.29) is 11.2 Å². The molecule has 1 aliphatic rings. The van der Waals surface area contributed by atoms with Gasteiger partial charge in [0.1, 0.15) is 5.69 Å². The Kier molecular flexibility index (Phi) is 3.08. The van der Waals surface area contributed by atoms with Crippen molar-refractivity contribution in [2.45, 2.75) is 52.5 Å². The molecule has 0 saturated heterocycles. The van der Waals surface area contributed by atoms with Gasteiger partial charge in [-0.2, -0.15) is 0 Å². The minimum Gasteiger partial charge on any atom is -0.292 e. The fraction of sp³-hybridized carbons (Fsp3) is 0.750. The molecule has 0 N–H and O–H groups in total. The SMILES string of the molecule is CCCn1nncc1C(=O)C1(C)CCCC1. The molecule has 1 saturated carbocycles. The van der Waals surface area contributed by atoms with Gasteiger partial charge in [0, 0.05) is 12.0 Å². The lowest BCUT2D eigenvalue weighted by molar-refractivity contribution is 0.0811. The molecule has 0 radical (unpaired) electrons. The fourth-order valence-corrected chi connectivity index (χ4v) is 2.50. The van der Waals surface area contributed by atoms with Gasteiger partial charge in [0.2, 0.25) is 0 Å². The molecule has 4 heteroatoms. The molecule has 0 atom stereocenters. The highest BCUT2D eigenvalue weighted by Crippen LogP contribution is 2.40. The third kappa shape index (κ3) is 1.88. The van der Waals surface area contributed by atoms with E-state index in [2.05, 4.69) is 24.2 Å². The number of carbonyl (C=O) groups excluding carboxylic acids is 1. The van der Waals surface area contributed by atoms with Crippen LogP contribution in [0.15, 0.2) is 6.20 Å². The predicted octanol–water partition coefficient (Wildman–Crippen LogP) is 2.45. The first-order valence-electron chi connectivity index (χ1n) is 6.11. The van der Waals surface area contributed by atoms with Crippen molar-refractivity contribution in [2.24, 2.45) is 5.41 Å². The average Bonchev–Trinajstić information content (AvgIpc) is 2.88. The highest BCUT2D eigenvalue weighted by Gasteiger charge is 2.38. The van der Waals surface area contributed by atoms with Crippen molar-refractivity contribution in [1.82, 2.24) is 15.0 Å². The van der Waals surface area contributed by atoms with Crippen LogP contribution in [0.2, 0.25) is 0 Å². The zero-order valence-corrected chi connectivity index (χ0v) is 10.1. The lowest BCUT2D eigenvalue weighted by Crippen LogP contribution is -2.27. The minimum atomic E-state index is -0.173. The highest BCUT2D eigenvalue weighted by molar-refractivity contribution is 5.98. The molecular weight excluding hydrogens is 202 g/mol. The van der Waals surface area contributed by atoms with Gasteiger partial charge in [-0.15, -0.1) is 5.10 Å². The molecule has 1 aromatic heterocycles. The van der Waals surface area contributed by atoms with Crippen LogP contribution in [0.3, 0.4) is 0 Å². The summed E-state index contributed by atoms with van der Waals surface area (Å²) in [5, 5.41) is 7.83. The largest absolute Gasteiger partial charge is 0.292 e. The van der Waals surface area contributed by atoms with E-state index in [1.165, 1.54) is 0 Å². The van der Waals surface area contributed by atoms with Crippen molar-refractivity contribution in [3.05, 3.63) is 11.9 Å². The molecule has 0 aliphatic heterocycles. The summed E-state index contributed by atoms with van der Waals surface area (Å²) in [6.07, 6.45) is 6.92. The zero-order chi connectivity index (χ0) is 11.6. The van der Waals surface area contributed by atoms with E-state index in [0.717, 1.165) is 38.6 Å². The Bertz CT molecular complexity index is 377. The smallest absolute Gasteiger partial charge is 0.188 e. The molecule has 0 bridgehead atoms. The Balaban J connectivity index is 2.23. The van der Waals surface area contributed by atoms with Gasteiger partial charge in [-0.25, -0.2) is 4.68 Å². The van der Waals surface area contributed by atoms with E-state index in [1.807, 2.05) is 0 Å². The van der Waals surface area contributed by atoms with Crippen LogP contribution >= 0.6 is 0 Å². The van der Waals surface area contributed by atoms with Gasteiger partial charge in [-0.1, -0.05) is 31.9 Å². The van der Waals surface area contributed by atoms with Crippen molar-refractivity contribution < 1.29 is 4.79 Å². The van der Waals surface area contributed by atoms with Gasteiger partial charge in [0.25, 0.3) is 0 Å². The molecule has 0 unspecified atom stereocenters. The summed E-state index contributed by atoms with van der Waals surface area (Å²) in [7, 11) is 0. The van der Waals surface area contributed by atoms with E-state index in [9.17, 15) is 4.79 Å². The molecule has 1 fully saturated rings. The number of aromatic nitrogens is 3. The molecule has 1 aliphatic carbocycles. The first-order chi connectivity index (χ1) is 7.67. The fourth-order valence-electron chi connectivity index (χ4n) is 2.50. The standard InChI is InChI=1S/C12H19N3O/c1-3-8-15-10(9-13-14-15)11(16)12(2)6-4-5-7-12/h9H,3-8H2,1-2H3. The minimum absolute atomic E-state index is 0.173. The van der Waals surface area contributed by atoms with Gasteiger partial charge in [-0.3, -0.25) is 4.79 Å². The van der Waals surface area contributed by atoms with Crippen LogP contribution in [0.4, 0.5) is 0 Å². The van der Waals surface area contributed by atoms with Gasteiger partial charge in [0.05, 0.1) is 6.20 Å². The van der Waals surface area contributed by atoms with Gasteiger partial charge in [0.15, 0.2) is 5.78 Å². The molecule has 0 amide bonds. The third-order valence-electron chi connectivity index (χ3n) is 3.54. The lowest BCUT2D eigenvalue weighted by atomic mass is 9.82. The van der Waals surface area contributed by atoms with Crippen LogP contribution in [0, 0.1) is 5.41 Å². The molecule has 2 rings (SSSR count). The number of nitrogens with zero attached hydrogens (tertiary/aromatic N) is 3. The summed E-state index contributed by atoms with van der Waals surface area (Å²) in [5.74, 6) is 0.225. The Morgan fingerprint density at radius 1 is 1.50 bits per heavy atom. The molecular formula is C12H19N3O. The second-order valence-electron chi connectivity index (χ2n) is 4.94. The number of carbonyl (C=O) groups is 1. The Morgan fingerprint density at radius 3 is 2.81 bits per heavy atom. The summed E-state index contributed by atoms with van der Waals surface area (Å²) < 4.78 is 1.74. The molecule has 1 aromatic rings. The normalized spacial score (nSPS) is 18.9. The van der Waals surface area contributed by atoms with E-state index < -0.39 is 0 Å². The van der Waals surface area contributed by atoms with Crippen molar-refractivity contribution in [3.63, 3.8) is 0 Å². The number of rotatable bonds is 4. The number of hydrogen-bond donors (Lipinski definition) is 0. The molecule has 0 aromatic carbocycles. The van der Waals surface area contributed by atoms with Crippen LogP contribution in [-0.4, -0.2) is 20.8 Å². The second-order valence-corrected chi connectivity index (χ2v) is 4.94. The maximum atomic E-state index is 12.4. The monoisotopic (exact) mass is 221 g/mol. The van der Waals surface area contributed by atoms with Crippen molar-refractivity contribution in [3.8, 4) is 0 Å². The first-order valence-corrected chi connectivity index (χ1v) is 6.11. The van der Waals surface area contributed by atoms with Crippen LogP contribution < -0.4 is 0 Å².